The number of nitro groups is 1. The zero-order valence-corrected chi connectivity index (χ0v) is 13.6. The van der Waals surface area contributed by atoms with Crippen molar-refractivity contribution in [1.82, 2.24) is 5.32 Å². The summed E-state index contributed by atoms with van der Waals surface area (Å²) in [5, 5.41) is 14.0. The zero-order valence-electron chi connectivity index (χ0n) is 13.6. The quantitative estimate of drug-likeness (QED) is 0.522. The Morgan fingerprint density at radius 3 is 2.88 bits per heavy atom. The Morgan fingerprint density at radius 2 is 2.04 bits per heavy atom. The van der Waals surface area contributed by atoms with Gasteiger partial charge < -0.3 is 5.32 Å². The van der Waals surface area contributed by atoms with Gasteiger partial charge in [-0.25, -0.2) is 0 Å². The van der Waals surface area contributed by atoms with E-state index in [2.05, 4.69) is 5.32 Å². The van der Waals surface area contributed by atoms with Gasteiger partial charge in [-0.2, -0.15) is 0 Å². The summed E-state index contributed by atoms with van der Waals surface area (Å²) in [6, 6.07) is 6.63. The molecule has 1 N–H and O–H groups in total. The average Bonchev–Trinajstić information content (AvgIpc) is 3.26. The standard InChI is InChI=1S/C19H22N2O3/c22-19(8-7-12-3-1-4-14(9-12)21(23)24)20-18-11-13-10-17(18)16-6-2-5-15(13)16/h1,3-4,7-9,13,15-18H,2,5-6,10-11H2,(H,20,22). The number of benzene rings is 1. The summed E-state index contributed by atoms with van der Waals surface area (Å²) in [5.74, 6) is 3.14. The minimum Gasteiger partial charge on any atom is -0.350 e. The highest BCUT2D eigenvalue weighted by Gasteiger charge is 2.53. The summed E-state index contributed by atoms with van der Waals surface area (Å²) in [5.41, 5.74) is 0.709. The van der Waals surface area contributed by atoms with E-state index in [4.69, 9.17) is 0 Å². The third-order valence-corrected chi connectivity index (χ3v) is 6.26. The van der Waals surface area contributed by atoms with Gasteiger partial charge in [-0.3, -0.25) is 14.9 Å². The lowest BCUT2D eigenvalue weighted by molar-refractivity contribution is -0.384. The molecule has 0 aromatic heterocycles. The van der Waals surface area contributed by atoms with Crippen molar-refractivity contribution in [3.05, 3.63) is 46.0 Å². The second-order valence-corrected chi connectivity index (χ2v) is 7.45. The number of fused-ring (bicyclic) bond motifs is 5. The van der Waals surface area contributed by atoms with Crippen LogP contribution in [0.25, 0.3) is 6.08 Å². The summed E-state index contributed by atoms with van der Waals surface area (Å²) in [7, 11) is 0. The molecule has 3 aliphatic carbocycles. The summed E-state index contributed by atoms with van der Waals surface area (Å²) in [6.45, 7) is 0. The maximum Gasteiger partial charge on any atom is 0.270 e. The molecule has 1 aromatic carbocycles. The van der Waals surface area contributed by atoms with Crippen molar-refractivity contribution in [3.63, 3.8) is 0 Å². The Hall–Kier alpha value is -2.17. The van der Waals surface area contributed by atoms with Gasteiger partial charge >= 0.3 is 0 Å². The number of carbonyl (C=O) groups is 1. The molecule has 1 aromatic rings. The fourth-order valence-corrected chi connectivity index (χ4v) is 5.38. The molecule has 0 spiro atoms. The maximum atomic E-state index is 12.2. The minimum atomic E-state index is -0.426. The third-order valence-electron chi connectivity index (χ3n) is 6.26. The van der Waals surface area contributed by atoms with Crippen LogP contribution in [0, 0.1) is 33.8 Å². The smallest absolute Gasteiger partial charge is 0.270 e. The molecule has 1 amide bonds. The van der Waals surface area contributed by atoms with Gasteiger partial charge in [-0.05, 0) is 61.0 Å². The number of nitrogens with one attached hydrogen (secondary N) is 1. The van der Waals surface area contributed by atoms with Gasteiger partial charge in [0.2, 0.25) is 5.91 Å². The number of rotatable bonds is 4. The van der Waals surface area contributed by atoms with Gasteiger partial charge in [0.25, 0.3) is 5.69 Å². The van der Waals surface area contributed by atoms with E-state index in [9.17, 15) is 14.9 Å². The molecule has 3 fully saturated rings. The first-order valence-electron chi connectivity index (χ1n) is 8.85. The van der Waals surface area contributed by atoms with E-state index in [1.165, 1.54) is 43.9 Å². The van der Waals surface area contributed by atoms with E-state index in [-0.39, 0.29) is 11.6 Å². The molecule has 0 aliphatic heterocycles. The Bertz CT molecular complexity index is 700. The molecule has 24 heavy (non-hydrogen) atoms. The second kappa shape index (κ2) is 6.04. The molecule has 0 saturated heterocycles. The first kappa shape index (κ1) is 15.4. The van der Waals surface area contributed by atoms with Gasteiger partial charge in [0.1, 0.15) is 0 Å². The number of carbonyl (C=O) groups excluding carboxylic acids is 1. The van der Waals surface area contributed by atoms with Crippen molar-refractivity contribution in [2.75, 3.05) is 0 Å². The summed E-state index contributed by atoms with van der Waals surface area (Å²) >= 11 is 0. The summed E-state index contributed by atoms with van der Waals surface area (Å²) < 4.78 is 0. The van der Waals surface area contributed by atoms with Gasteiger partial charge in [-0.1, -0.05) is 18.6 Å². The molecule has 2 bridgehead atoms. The van der Waals surface area contributed by atoms with Gasteiger partial charge in [0, 0.05) is 24.3 Å². The lowest BCUT2D eigenvalue weighted by Gasteiger charge is -2.31. The molecule has 0 radical (unpaired) electrons. The SMILES string of the molecule is O=C(C=Cc1cccc([N+](=O)[O-])c1)NC1CC2CC1C1CCCC21. The lowest BCUT2D eigenvalue weighted by atomic mass is 9.79. The highest BCUT2D eigenvalue weighted by Crippen LogP contribution is 2.58. The van der Waals surface area contributed by atoms with Crippen LogP contribution in [0.5, 0.6) is 0 Å². The van der Waals surface area contributed by atoms with E-state index in [1.54, 1.807) is 18.2 Å². The Morgan fingerprint density at radius 1 is 1.21 bits per heavy atom. The third kappa shape index (κ3) is 2.72. The monoisotopic (exact) mass is 326 g/mol. The Kier molecular flexibility index (Phi) is 3.87. The molecular weight excluding hydrogens is 304 g/mol. The first-order valence-corrected chi connectivity index (χ1v) is 8.85. The van der Waals surface area contributed by atoms with Crippen LogP contribution in [-0.4, -0.2) is 16.9 Å². The van der Waals surface area contributed by atoms with Crippen molar-refractivity contribution < 1.29 is 9.72 Å². The number of non-ortho nitro benzene ring substituents is 1. The fourth-order valence-electron chi connectivity index (χ4n) is 5.38. The zero-order chi connectivity index (χ0) is 16.7. The molecule has 0 heterocycles. The number of hydrogen-bond acceptors (Lipinski definition) is 3. The number of hydrogen-bond donors (Lipinski definition) is 1. The normalized spacial score (nSPS) is 33.8. The number of amides is 1. The van der Waals surface area contributed by atoms with E-state index in [0.29, 0.717) is 17.5 Å². The van der Waals surface area contributed by atoms with E-state index >= 15 is 0 Å². The molecular formula is C19H22N2O3. The topological polar surface area (TPSA) is 72.2 Å². The van der Waals surface area contributed by atoms with Crippen LogP contribution in [0.1, 0.15) is 37.7 Å². The average molecular weight is 326 g/mol. The van der Waals surface area contributed by atoms with Crippen LogP contribution in [0.4, 0.5) is 5.69 Å². The van der Waals surface area contributed by atoms with Crippen LogP contribution in [-0.2, 0) is 4.79 Å². The number of nitrogens with zero attached hydrogens (tertiary/aromatic N) is 1. The van der Waals surface area contributed by atoms with E-state index in [0.717, 1.165) is 24.2 Å². The van der Waals surface area contributed by atoms with Crippen molar-refractivity contribution in [3.8, 4) is 0 Å². The Labute approximate surface area is 141 Å². The van der Waals surface area contributed by atoms with Crippen LogP contribution in [0.2, 0.25) is 0 Å². The fraction of sp³-hybridized carbons (Fsp3) is 0.526. The second-order valence-electron chi connectivity index (χ2n) is 7.45. The molecule has 126 valence electrons. The summed E-state index contributed by atoms with van der Waals surface area (Å²) in [4.78, 5) is 22.6. The van der Waals surface area contributed by atoms with Gasteiger partial charge in [0.05, 0.1) is 4.92 Å². The van der Waals surface area contributed by atoms with E-state index < -0.39 is 4.92 Å². The summed E-state index contributed by atoms with van der Waals surface area (Å²) in [6.07, 6.45) is 9.64. The molecule has 3 saturated carbocycles. The van der Waals surface area contributed by atoms with Gasteiger partial charge in [-0.15, -0.1) is 0 Å². The maximum absolute atomic E-state index is 12.2. The molecule has 5 unspecified atom stereocenters. The minimum absolute atomic E-state index is 0.0398. The van der Waals surface area contributed by atoms with E-state index in [1.807, 2.05) is 0 Å². The Balaban J connectivity index is 1.37. The highest BCUT2D eigenvalue weighted by atomic mass is 16.6. The van der Waals surface area contributed by atoms with Crippen molar-refractivity contribution in [2.24, 2.45) is 23.7 Å². The largest absolute Gasteiger partial charge is 0.350 e. The molecule has 5 nitrogen and oxygen atoms in total. The first-order chi connectivity index (χ1) is 11.6. The molecule has 4 rings (SSSR count). The highest BCUT2D eigenvalue weighted by molar-refractivity contribution is 5.92. The van der Waals surface area contributed by atoms with Crippen LogP contribution < -0.4 is 5.32 Å². The van der Waals surface area contributed by atoms with Crippen LogP contribution in [0.15, 0.2) is 30.3 Å². The predicted molar refractivity (Wildman–Crippen MR) is 91.1 cm³/mol. The number of nitro benzene ring substituents is 1. The molecule has 3 aliphatic rings. The van der Waals surface area contributed by atoms with Crippen molar-refractivity contribution >= 4 is 17.7 Å². The van der Waals surface area contributed by atoms with Crippen molar-refractivity contribution in [2.45, 2.75) is 38.1 Å². The van der Waals surface area contributed by atoms with Crippen LogP contribution >= 0.6 is 0 Å². The predicted octanol–water partition coefficient (Wildman–Crippen LogP) is 3.55. The molecule has 5 atom stereocenters. The lowest BCUT2D eigenvalue weighted by Crippen LogP contribution is -2.41. The molecule has 5 heteroatoms. The van der Waals surface area contributed by atoms with Crippen molar-refractivity contribution in [1.29, 1.82) is 0 Å². The van der Waals surface area contributed by atoms with Crippen LogP contribution in [0.3, 0.4) is 0 Å². The van der Waals surface area contributed by atoms with Gasteiger partial charge in [0.15, 0.2) is 0 Å².